The molecule has 1 aromatic heterocycles. The second-order valence-electron chi connectivity index (χ2n) is 2.95. The van der Waals surface area contributed by atoms with Crippen molar-refractivity contribution >= 4 is 27.4 Å². The van der Waals surface area contributed by atoms with Crippen LogP contribution in [0.25, 0.3) is 0 Å². The second kappa shape index (κ2) is 4.68. The summed E-state index contributed by atoms with van der Waals surface area (Å²) in [4.78, 5) is 0.0371. The van der Waals surface area contributed by atoms with Gasteiger partial charge in [0.25, 0.3) is 10.0 Å². The summed E-state index contributed by atoms with van der Waals surface area (Å²) < 4.78 is 34.6. The number of methoxy groups -OCH3 is 1. The molecule has 17 heavy (non-hydrogen) atoms. The van der Waals surface area contributed by atoms with Crippen LogP contribution in [0.4, 0.5) is 5.82 Å². The van der Waals surface area contributed by atoms with Crippen LogP contribution in [-0.2, 0) is 10.0 Å². The van der Waals surface area contributed by atoms with Gasteiger partial charge in [-0.2, -0.15) is 0 Å². The smallest absolute Gasteiger partial charge is 0.263 e. The predicted octanol–water partition coefficient (Wildman–Crippen LogP) is 1.15. The van der Waals surface area contributed by atoms with Gasteiger partial charge in [0.1, 0.15) is 0 Å². The van der Waals surface area contributed by atoms with Crippen LogP contribution in [0.3, 0.4) is 0 Å². The van der Waals surface area contributed by atoms with Crippen molar-refractivity contribution in [3.8, 4) is 5.06 Å². The zero-order chi connectivity index (χ0) is 12.3. The lowest BCUT2D eigenvalue weighted by Gasteiger charge is -2.05. The van der Waals surface area contributed by atoms with Crippen molar-refractivity contribution in [1.82, 2.24) is 9.59 Å². The van der Waals surface area contributed by atoms with Crippen molar-refractivity contribution in [2.24, 2.45) is 0 Å². The van der Waals surface area contributed by atoms with Crippen molar-refractivity contribution in [2.45, 2.75) is 4.90 Å². The first kappa shape index (κ1) is 11.8. The Bertz CT molecular complexity index is 595. The average molecular weight is 270 g/mol. The molecule has 89 valence electrons. The topological polar surface area (TPSA) is 81.2 Å². The van der Waals surface area contributed by atoms with Crippen LogP contribution in [0.15, 0.2) is 29.2 Å². The summed E-state index contributed by atoms with van der Waals surface area (Å²) in [7, 11) is -2.28. The second-order valence-corrected chi connectivity index (χ2v) is 5.31. The average Bonchev–Trinajstić information content (AvgIpc) is 2.77. The Labute approximate surface area is 102 Å². The zero-order valence-corrected chi connectivity index (χ0v) is 10.4. The molecule has 2 rings (SSSR count). The lowest BCUT2D eigenvalue weighted by atomic mass is 10.4. The first-order chi connectivity index (χ1) is 8.13. The van der Waals surface area contributed by atoms with Gasteiger partial charge in [0.05, 0.1) is 12.0 Å². The van der Waals surface area contributed by atoms with E-state index in [2.05, 4.69) is 20.4 Å². The number of anilines is 1. The van der Waals surface area contributed by atoms with E-state index in [1.807, 2.05) is 0 Å². The summed E-state index contributed by atoms with van der Waals surface area (Å²) in [5.74, 6) is 0.0785. The van der Waals surface area contributed by atoms with E-state index < -0.39 is 10.0 Å². The molecule has 0 spiro atoms. The number of hydrogen-bond acceptors (Lipinski definition) is 6. The van der Waals surface area contributed by atoms with E-state index in [0.29, 0.717) is 5.06 Å². The predicted molar refractivity (Wildman–Crippen MR) is 62.5 cm³/mol. The molecule has 1 radical (unpaired) electrons. The number of benzene rings is 1. The minimum absolute atomic E-state index is 0.0371. The molecule has 1 aromatic carbocycles. The number of nitrogens with one attached hydrogen (secondary N) is 1. The summed E-state index contributed by atoms with van der Waals surface area (Å²) in [6.07, 6.45) is 0. The highest BCUT2D eigenvalue weighted by Crippen LogP contribution is 2.27. The number of sulfonamides is 1. The van der Waals surface area contributed by atoms with Crippen LogP contribution in [0.2, 0.25) is 0 Å². The monoisotopic (exact) mass is 270 g/mol. The molecule has 0 saturated heterocycles. The minimum atomic E-state index is -3.70. The van der Waals surface area contributed by atoms with Gasteiger partial charge in [0, 0.05) is 17.6 Å². The number of nitrogens with zero attached hydrogens (tertiary/aromatic N) is 2. The van der Waals surface area contributed by atoms with E-state index in [9.17, 15) is 8.42 Å². The van der Waals surface area contributed by atoms with Gasteiger partial charge in [-0.3, -0.25) is 4.72 Å². The molecule has 0 aliphatic heterocycles. The third-order valence-electron chi connectivity index (χ3n) is 1.84. The molecule has 6 nitrogen and oxygen atoms in total. The third kappa shape index (κ3) is 2.53. The van der Waals surface area contributed by atoms with Gasteiger partial charge in [-0.05, 0) is 6.07 Å². The summed E-state index contributed by atoms with van der Waals surface area (Å²) >= 11 is 0.965. The first-order valence-electron chi connectivity index (χ1n) is 4.49. The Balaban J connectivity index is 2.30. The van der Waals surface area contributed by atoms with Crippen molar-refractivity contribution in [3.05, 3.63) is 30.3 Å². The largest absolute Gasteiger partial charge is 0.484 e. The van der Waals surface area contributed by atoms with Gasteiger partial charge < -0.3 is 4.74 Å². The SMILES string of the molecule is COc1snnc1NS(=O)(=O)c1[c]cccc1. The number of aromatic nitrogens is 2. The van der Waals surface area contributed by atoms with E-state index in [0.717, 1.165) is 11.5 Å². The van der Waals surface area contributed by atoms with Crippen LogP contribution < -0.4 is 9.46 Å². The van der Waals surface area contributed by atoms with E-state index in [-0.39, 0.29) is 10.7 Å². The van der Waals surface area contributed by atoms with E-state index in [1.54, 1.807) is 12.1 Å². The van der Waals surface area contributed by atoms with Crippen molar-refractivity contribution in [3.63, 3.8) is 0 Å². The highest BCUT2D eigenvalue weighted by Gasteiger charge is 2.18. The van der Waals surface area contributed by atoms with Gasteiger partial charge >= 0.3 is 0 Å². The Morgan fingerprint density at radius 3 is 2.94 bits per heavy atom. The molecule has 1 heterocycles. The Morgan fingerprint density at radius 2 is 2.29 bits per heavy atom. The summed E-state index contributed by atoms with van der Waals surface area (Å²) in [6.45, 7) is 0. The normalized spacial score (nSPS) is 11.1. The highest BCUT2D eigenvalue weighted by molar-refractivity contribution is 7.92. The fraction of sp³-hybridized carbons (Fsp3) is 0.111. The van der Waals surface area contributed by atoms with Gasteiger partial charge in [-0.25, -0.2) is 8.42 Å². The molecular formula is C9H8N3O3S2. The Hall–Kier alpha value is -1.67. The maximum absolute atomic E-state index is 11.9. The number of rotatable bonds is 4. The molecule has 0 aliphatic rings. The molecule has 0 atom stereocenters. The molecule has 1 N–H and O–H groups in total. The number of hydrogen-bond donors (Lipinski definition) is 1. The number of ether oxygens (including phenoxy) is 1. The van der Waals surface area contributed by atoms with Crippen LogP contribution in [0, 0.1) is 6.07 Å². The third-order valence-corrected chi connectivity index (χ3v) is 3.83. The lowest BCUT2D eigenvalue weighted by molar-refractivity contribution is 0.428. The maximum Gasteiger partial charge on any atom is 0.263 e. The fourth-order valence-electron chi connectivity index (χ4n) is 1.10. The van der Waals surface area contributed by atoms with Crippen LogP contribution in [-0.4, -0.2) is 25.1 Å². The van der Waals surface area contributed by atoms with Crippen LogP contribution in [0.1, 0.15) is 0 Å². The summed E-state index contributed by atoms with van der Waals surface area (Å²) in [6, 6.07) is 8.88. The molecule has 0 bridgehead atoms. The summed E-state index contributed by atoms with van der Waals surface area (Å²) in [5.41, 5.74) is 0. The van der Waals surface area contributed by atoms with Crippen molar-refractivity contribution in [2.75, 3.05) is 11.8 Å². The quantitative estimate of drug-likeness (QED) is 0.901. The molecule has 0 fully saturated rings. The van der Waals surface area contributed by atoms with E-state index in [4.69, 9.17) is 4.74 Å². The maximum atomic E-state index is 11.9. The molecule has 0 aliphatic carbocycles. The van der Waals surface area contributed by atoms with E-state index in [1.165, 1.54) is 19.2 Å². The molecule has 8 heteroatoms. The minimum Gasteiger partial charge on any atom is -0.484 e. The molecule has 2 aromatic rings. The molecule has 0 unspecified atom stereocenters. The highest BCUT2D eigenvalue weighted by atomic mass is 32.2. The van der Waals surface area contributed by atoms with Gasteiger partial charge in [-0.15, -0.1) is 5.10 Å². The van der Waals surface area contributed by atoms with Gasteiger partial charge in [0.2, 0.25) is 10.9 Å². The van der Waals surface area contributed by atoms with Gasteiger partial charge in [-0.1, -0.05) is 22.7 Å². The van der Waals surface area contributed by atoms with Crippen molar-refractivity contribution < 1.29 is 13.2 Å². The fourth-order valence-corrected chi connectivity index (χ4v) is 2.60. The zero-order valence-electron chi connectivity index (χ0n) is 8.75. The molecular weight excluding hydrogens is 262 g/mol. The Morgan fingerprint density at radius 1 is 1.47 bits per heavy atom. The van der Waals surface area contributed by atoms with E-state index >= 15 is 0 Å². The molecule has 0 amide bonds. The molecule has 0 saturated carbocycles. The van der Waals surface area contributed by atoms with Crippen LogP contribution in [0.5, 0.6) is 5.06 Å². The van der Waals surface area contributed by atoms with Gasteiger partial charge in [0.15, 0.2) is 0 Å². The Kier molecular flexibility index (Phi) is 3.25. The lowest BCUT2D eigenvalue weighted by Crippen LogP contribution is -2.13. The summed E-state index contributed by atoms with van der Waals surface area (Å²) in [5, 5.41) is 3.95. The van der Waals surface area contributed by atoms with Crippen LogP contribution >= 0.6 is 11.5 Å². The first-order valence-corrected chi connectivity index (χ1v) is 6.75. The van der Waals surface area contributed by atoms with Crippen molar-refractivity contribution in [1.29, 1.82) is 0 Å². The standard InChI is InChI=1S/C9H8N3O3S2/c1-15-9-8(10-12-16-9)11-17(13,14)7-5-3-2-4-6-7/h2-5,11H,1H3.